The lowest BCUT2D eigenvalue weighted by Crippen LogP contribution is -2.23. The van der Waals surface area contributed by atoms with E-state index in [2.05, 4.69) is 5.32 Å². The molecule has 1 atom stereocenters. The molecule has 0 saturated heterocycles. The van der Waals surface area contributed by atoms with Crippen LogP contribution in [0.1, 0.15) is 26.2 Å². The second kappa shape index (κ2) is 7.01. The van der Waals surface area contributed by atoms with Crippen LogP contribution >= 0.6 is 0 Å². The minimum absolute atomic E-state index is 0.0208. The molecule has 1 rings (SSSR count). The molecule has 1 aromatic carbocycles. The molecular formula is C13H19FN2O. The van der Waals surface area contributed by atoms with Crippen molar-refractivity contribution in [2.75, 3.05) is 11.9 Å². The van der Waals surface area contributed by atoms with Crippen molar-refractivity contribution >= 4 is 11.6 Å². The largest absolute Gasteiger partial charge is 0.330 e. The zero-order valence-electron chi connectivity index (χ0n) is 10.1. The fraction of sp³-hybridized carbons (Fsp3) is 0.462. The Labute approximate surface area is 101 Å². The molecule has 1 aromatic rings. The maximum atomic E-state index is 12.7. The molecule has 3 N–H and O–H groups in total. The summed E-state index contributed by atoms with van der Waals surface area (Å²) in [6, 6.07) is 5.78. The van der Waals surface area contributed by atoms with Gasteiger partial charge in [0.05, 0.1) is 0 Å². The number of amides is 1. The number of benzene rings is 1. The van der Waals surface area contributed by atoms with Crippen LogP contribution in [0.25, 0.3) is 0 Å². The number of carbonyl (C=O) groups is 1. The molecule has 0 aliphatic rings. The fourth-order valence-corrected chi connectivity index (χ4v) is 1.66. The zero-order valence-corrected chi connectivity index (χ0v) is 10.1. The highest BCUT2D eigenvalue weighted by atomic mass is 19.1. The number of hydrogen-bond acceptors (Lipinski definition) is 2. The van der Waals surface area contributed by atoms with Gasteiger partial charge in [0.15, 0.2) is 0 Å². The average molecular weight is 238 g/mol. The molecule has 0 fully saturated rings. The predicted molar refractivity (Wildman–Crippen MR) is 67.1 cm³/mol. The van der Waals surface area contributed by atoms with Crippen LogP contribution in [0.5, 0.6) is 0 Å². The fourth-order valence-electron chi connectivity index (χ4n) is 1.66. The number of nitrogens with one attached hydrogen (secondary N) is 1. The Morgan fingerprint density at radius 3 is 2.59 bits per heavy atom. The monoisotopic (exact) mass is 238 g/mol. The number of carbonyl (C=O) groups excluding carboxylic acids is 1. The molecular weight excluding hydrogens is 219 g/mol. The van der Waals surface area contributed by atoms with E-state index in [4.69, 9.17) is 5.73 Å². The molecule has 17 heavy (non-hydrogen) atoms. The summed E-state index contributed by atoms with van der Waals surface area (Å²) < 4.78 is 12.7. The molecule has 3 nitrogen and oxygen atoms in total. The molecule has 0 heterocycles. The number of rotatable bonds is 6. The van der Waals surface area contributed by atoms with Crippen molar-refractivity contribution in [3.63, 3.8) is 0 Å². The van der Waals surface area contributed by atoms with Crippen molar-refractivity contribution in [1.82, 2.24) is 0 Å². The van der Waals surface area contributed by atoms with Crippen LogP contribution in [0.15, 0.2) is 24.3 Å². The van der Waals surface area contributed by atoms with Gasteiger partial charge in [0.25, 0.3) is 0 Å². The lowest BCUT2D eigenvalue weighted by molar-refractivity contribution is -0.120. The van der Waals surface area contributed by atoms with Crippen molar-refractivity contribution in [1.29, 1.82) is 0 Å². The highest BCUT2D eigenvalue weighted by Crippen LogP contribution is 2.15. The maximum absolute atomic E-state index is 12.7. The van der Waals surface area contributed by atoms with Crippen LogP contribution in [0.2, 0.25) is 0 Å². The van der Waals surface area contributed by atoms with Gasteiger partial charge in [-0.1, -0.05) is 6.92 Å². The lowest BCUT2D eigenvalue weighted by Gasteiger charge is -2.14. The van der Waals surface area contributed by atoms with E-state index in [0.717, 1.165) is 19.3 Å². The molecule has 0 aromatic heterocycles. The standard InChI is InChI=1S/C13H19FN2O/c1-2-10(4-3-9-15)13(17)16-12-7-5-11(14)6-8-12/h5-8,10H,2-4,9,15H2,1H3,(H,16,17). The Balaban J connectivity index is 2.54. The average Bonchev–Trinajstić information content (AvgIpc) is 2.33. The summed E-state index contributed by atoms with van der Waals surface area (Å²) in [5, 5.41) is 2.78. The van der Waals surface area contributed by atoms with Gasteiger partial charge in [-0.05, 0) is 50.1 Å². The first-order valence-corrected chi connectivity index (χ1v) is 5.94. The first kappa shape index (κ1) is 13.6. The van der Waals surface area contributed by atoms with E-state index >= 15 is 0 Å². The molecule has 0 saturated carbocycles. The minimum Gasteiger partial charge on any atom is -0.330 e. The van der Waals surface area contributed by atoms with Gasteiger partial charge in [-0.15, -0.1) is 0 Å². The van der Waals surface area contributed by atoms with Crippen molar-refractivity contribution in [3.05, 3.63) is 30.1 Å². The second-order valence-corrected chi connectivity index (χ2v) is 4.03. The van der Waals surface area contributed by atoms with Gasteiger partial charge in [-0.25, -0.2) is 4.39 Å². The van der Waals surface area contributed by atoms with Crippen LogP contribution < -0.4 is 11.1 Å². The number of nitrogens with two attached hydrogens (primary N) is 1. The smallest absolute Gasteiger partial charge is 0.227 e. The first-order valence-electron chi connectivity index (χ1n) is 5.94. The maximum Gasteiger partial charge on any atom is 0.227 e. The topological polar surface area (TPSA) is 55.1 Å². The van der Waals surface area contributed by atoms with Gasteiger partial charge in [0, 0.05) is 11.6 Å². The summed E-state index contributed by atoms with van der Waals surface area (Å²) in [7, 11) is 0. The van der Waals surface area contributed by atoms with Crippen molar-refractivity contribution in [2.45, 2.75) is 26.2 Å². The van der Waals surface area contributed by atoms with E-state index < -0.39 is 0 Å². The van der Waals surface area contributed by atoms with E-state index in [1.807, 2.05) is 6.92 Å². The van der Waals surface area contributed by atoms with Gasteiger partial charge >= 0.3 is 0 Å². The molecule has 0 aliphatic carbocycles. The highest BCUT2D eigenvalue weighted by molar-refractivity contribution is 5.92. The van der Waals surface area contributed by atoms with Gasteiger partial charge in [0.2, 0.25) is 5.91 Å². The third-order valence-corrected chi connectivity index (χ3v) is 2.73. The molecule has 1 unspecified atom stereocenters. The molecule has 0 spiro atoms. The van der Waals surface area contributed by atoms with E-state index in [-0.39, 0.29) is 17.6 Å². The van der Waals surface area contributed by atoms with Crippen LogP contribution in [-0.4, -0.2) is 12.5 Å². The van der Waals surface area contributed by atoms with Gasteiger partial charge in [-0.2, -0.15) is 0 Å². The van der Waals surface area contributed by atoms with Crippen LogP contribution in [-0.2, 0) is 4.79 Å². The Bertz CT molecular complexity index is 351. The number of halogens is 1. The Kier molecular flexibility index (Phi) is 5.63. The van der Waals surface area contributed by atoms with Crippen molar-refractivity contribution < 1.29 is 9.18 Å². The van der Waals surface area contributed by atoms with E-state index in [1.165, 1.54) is 12.1 Å². The zero-order chi connectivity index (χ0) is 12.7. The highest BCUT2D eigenvalue weighted by Gasteiger charge is 2.15. The van der Waals surface area contributed by atoms with E-state index in [0.29, 0.717) is 12.2 Å². The van der Waals surface area contributed by atoms with E-state index in [9.17, 15) is 9.18 Å². The first-order chi connectivity index (χ1) is 8.17. The quantitative estimate of drug-likeness (QED) is 0.800. The van der Waals surface area contributed by atoms with Gasteiger partial charge in [-0.3, -0.25) is 4.79 Å². The predicted octanol–water partition coefficient (Wildman–Crippen LogP) is 2.53. The summed E-state index contributed by atoms with van der Waals surface area (Å²) in [6.45, 7) is 2.58. The molecule has 0 radical (unpaired) electrons. The second-order valence-electron chi connectivity index (χ2n) is 4.03. The van der Waals surface area contributed by atoms with Crippen molar-refractivity contribution in [2.24, 2.45) is 11.7 Å². The summed E-state index contributed by atoms with van der Waals surface area (Å²) in [5.74, 6) is -0.352. The Hall–Kier alpha value is -1.42. The van der Waals surface area contributed by atoms with Crippen LogP contribution in [0, 0.1) is 11.7 Å². The van der Waals surface area contributed by atoms with Gasteiger partial charge < -0.3 is 11.1 Å². The molecule has 0 bridgehead atoms. The molecule has 1 amide bonds. The van der Waals surface area contributed by atoms with Crippen LogP contribution in [0.3, 0.4) is 0 Å². The number of hydrogen-bond donors (Lipinski definition) is 2. The van der Waals surface area contributed by atoms with Gasteiger partial charge in [0.1, 0.15) is 5.82 Å². The Morgan fingerprint density at radius 2 is 2.06 bits per heavy atom. The van der Waals surface area contributed by atoms with E-state index in [1.54, 1.807) is 12.1 Å². The number of anilines is 1. The molecule has 4 heteroatoms. The molecule has 94 valence electrons. The molecule has 0 aliphatic heterocycles. The van der Waals surface area contributed by atoms with Crippen LogP contribution in [0.4, 0.5) is 10.1 Å². The third kappa shape index (κ3) is 4.53. The third-order valence-electron chi connectivity index (χ3n) is 2.73. The summed E-state index contributed by atoms with van der Waals surface area (Å²) in [6.07, 6.45) is 2.42. The lowest BCUT2D eigenvalue weighted by atomic mass is 9.99. The minimum atomic E-state index is -0.307. The SMILES string of the molecule is CCC(CCCN)C(=O)Nc1ccc(F)cc1. The summed E-state index contributed by atoms with van der Waals surface area (Å²) in [4.78, 5) is 11.9. The summed E-state index contributed by atoms with van der Waals surface area (Å²) in [5.41, 5.74) is 6.05. The Morgan fingerprint density at radius 1 is 1.41 bits per heavy atom. The summed E-state index contributed by atoms with van der Waals surface area (Å²) >= 11 is 0. The van der Waals surface area contributed by atoms with Crippen molar-refractivity contribution in [3.8, 4) is 0 Å². The normalized spacial score (nSPS) is 12.2.